The second-order valence-corrected chi connectivity index (χ2v) is 9.69. The summed E-state index contributed by atoms with van der Waals surface area (Å²) in [5.74, 6) is -0.136. The summed E-state index contributed by atoms with van der Waals surface area (Å²) in [7, 11) is -3.33. The van der Waals surface area contributed by atoms with E-state index in [2.05, 4.69) is 34.5 Å². The number of rotatable bonds is 8. The number of hydrogen-bond acceptors (Lipinski definition) is 4. The molecule has 0 aliphatic carbocycles. The van der Waals surface area contributed by atoms with Gasteiger partial charge in [-0.1, -0.05) is 12.1 Å². The molecule has 6 nitrogen and oxygen atoms in total. The second kappa shape index (κ2) is 9.98. The summed E-state index contributed by atoms with van der Waals surface area (Å²) in [4.78, 5) is 14.9. The van der Waals surface area contributed by atoms with E-state index in [0.29, 0.717) is 24.3 Å². The van der Waals surface area contributed by atoms with Gasteiger partial charge in [-0.05, 0) is 75.1 Å². The van der Waals surface area contributed by atoms with Crippen LogP contribution in [0.3, 0.4) is 0 Å². The fraction of sp³-hybridized carbons (Fsp3) is 0.435. The van der Waals surface area contributed by atoms with Crippen molar-refractivity contribution in [3.8, 4) is 0 Å². The molecule has 0 atom stereocenters. The van der Waals surface area contributed by atoms with Crippen LogP contribution in [0.15, 0.2) is 48.5 Å². The maximum atomic E-state index is 12.5. The molecule has 3 rings (SSSR count). The number of nitrogens with one attached hydrogen (secondary N) is 1. The molecule has 0 bridgehead atoms. The van der Waals surface area contributed by atoms with Gasteiger partial charge >= 0.3 is 0 Å². The van der Waals surface area contributed by atoms with Crippen molar-refractivity contribution in [2.45, 2.75) is 39.7 Å². The van der Waals surface area contributed by atoms with Crippen molar-refractivity contribution in [1.82, 2.24) is 5.32 Å². The van der Waals surface area contributed by atoms with E-state index in [4.69, 9.17) is 0 Å². The van der Waals surface area contributed by atoms with Crippen molar-refractivity contribution in [1.29, 1.82) is 0 Å². The molecule has 2 aromatic carbocycles. The molecule has 0 aromatic heterocycles. The van der Waals surface area contributed by atoms with E-state index in [1.165, 1.54) is 29.3 Å². The van der Waals surface area contributed by atoms with Crippen LogP contribution in [0.1, 0.15) is 49.0 Å². The predicted molar refractivity (Wildman–Crippen MR) is 123 cm³/mol. The number of sulfonamides is 1. The lowest BCUT2D eigenvalue weighted by atomic mass is 10.1. The van der Waals surface area contributed by atoms with Gasteiger partial charge in [-0.3, -0.25) is 9.10 Å². The monoisotopic (exact) mass is 429 g/mol. The highest BCUT2D eigenvalue weighted by molar-refractivity contribution is 7.92. The van der Waals surface area contributed by atoms with Crippen molar-refractivity contribution >= 4 is 27.3 Å². The Kier molecular flexibility index (Phi) is 7.37. The van der Waals surface area contributed by atoms with Crippen LogP contribution in [0, 0.1) is 0 Å². The predicted octanol–water partition coefficient (Wildman–Crippen LogP) is 3.78. The molecule has 1 fully saturated rings. The van der Waals surface area contributed by atoms with Gasteiger partial charge in [0.2, 0.25) is 10.0 Å². The van der Waals surface area contributed by atoms with Gasteiger partial charge in [0, 0.05) is 37.4 Å². The van der Waals surface area contributed by atoms with Crippen LogP contribution in [-0.4, -0.2) is 39.7 Å². The minimum Gasteiger partial charge on any atom is -0.372 e. The number of nitrogens with zero attached hydrogens (tertiary/aromatic N) is 2. The third-order valence-corrected chi connectivity index (χ3v) is 7.39. The first kappa shape index (κ1) is 22.2. The summed E-state index contributed by atoms with van der Waals surface area (Å²) in [5.41, 5.74) is 3.37. The molecule has 7 heteroatoms. The van der Waals surface area contributed by atoms with Gasteiger partial charge < -0.3 is 10.2 Å². The maximum absolute atomic E-state index is 12.5. The summed E-state index contributed by atoms with van der Waals surface area (Å²) in [6.45, 7) is 6.45. The minimum atomic E-state index is -3.33. The molecule has 0 unspecified atom stereocenters. The lowest BCUT2D eigenvalue weighted by Gasteiger charge is -2.28. The molecule has 162 valence electrons. The summed E-state index contributed by atoms with van der Waals surface area (Å²) in [6.07, 6.45) is 3.81. The molecular formula is C23H31N3O3S. The molecule has 0 spiro atoms. The van der Waals surface area contributed by atoms with Crippen LogP contribution < -0.4 is 14.5 Å². The highest BCUT2D eigenvalue weighted by Gasteiger charge is 2.19. The first-order valence-electron chi connectivity index (χ1n) is 10.7. The van der Waals surface area contributed by atoms with E-state index in [1.54, 1.807) is 38.1 Å². The van der Waals surface area contributed by atoms with Crippen molar-refractivity contribution in [2.24, 2.45) is 0 Å². The van der Waals surface area contributed by atoms with Crippen molar-refractivity contribution in [3.63, 3.8) is 0 Å². The average Bonchev–Trinajstić information content (AvgIpc) is 2.79. The Morgan fingerprint density at radius 1 is 0.967 bits per heavy atom. The highest BCUT2D eigenvalue weighted by Crippen LogP contribution is 2.21. The SMILES string of the molecule is CCN(c1ccc(C(=O)NCc2ccc(N3CCCCC3)cc2)cc1)S(=O)(=O)CC. The molecule has 1 amide bonds. The zero-order valence-electron chi connectivity index (χ0n) is 17.8. The van der Waals surface area contributed by atoms with Gasteiger partial charge in [-0.15, -0.1) is 0 Å². The summed E-state index contributed by atoms with van der Waals surface area (Å²) < 4.78 is 25.7. The van der Waals surface area contributed by atoms with Gasteiger partial charge in [-0.25, -0.2) is 8.42 Å². The second-order valence-electron chi connectivity index (χ2n) is 7.51. The smallest absolute Gasteiger partial charge is 0.251 e. The number of carbonyl (C=O) groups is 1. The Balaban J connectivity index is 1.58. The summed E-state index contributed by atoms with van der Waals surface area (Å²) in [6, 6.07) is 15.0. The lowest BCUT2D eigenvalue weighted by Crippen LogP contribution is -2.32. The van der Waals surface area contributed by atoms with Gasteiger partial charge in [0.1, 0.15) is 0 Å². The number of carbonyl (C=O) groups excluding carboxylic acids is 1. The Morgan fingerprint density at radius 3 is 2.17 bits per heavy atom. The van der Waals surface area contributed by atoms with E-state index in [1.807, 2.05) is 0 Å². The molecule has 1 saturated heterocycles. The van der Waals surface area contributed by atoms with E-state index in [9.17, 15) is 13.2 Å². The van der Waals surface area contributed by atoms with Crippen LogP contribution in [0.5, 0.6) is 0 Å². The molecule has 2 aromatic rings. The molecule has 0 radical (unpaired) electrons. The topological polar surface area (TPSA) is 69.7 Å². The van der Waals surface area contributed by atoms with Crippen LogP contribution >= 0.6 is 0 Å². The zero-order chi connectivity index (χ0) is 21.6. The van der Waals surface area contributed by atoms with Crippen molar-refractivity contribution in [2.75, 3.05) is 34.6 Å². The summed E-state index contributed by atoms with van der Waals surface area (Å²) >= 11 is 0. The van der Waals surface area contributed by atoms with Crippen molar-refractivity contribution < 1.29 is 13.2 Å². The molecule has 1 aliphatic rings. The lowest BCUT2D eigenvalue weighted by molar-refractivity contribution is 0.0951. The van der Waals surface area contributed by atoms with Gasteiger partial charge in [0.25, 0.3) is 5.91 Å². The van der Waals surface area contributed by atoms with E-state index >= 15 is 0 Å². The number of benzene rings is 2. The fourth-order valence-corrected chi connectivity index (χ4v) is 4.88. The van der Waals surface area contributed by atoms with Crippen LogP contribution in [-0.2, 0) is 16.6 Å². The van der Waals surface area contributed by atoms with Crippen LogP contribution in [0.2, 0.25) is 0 Å². The van der Waals surface area contributed by atoms with Crippen molar-refractivity contribution in [3.05, 3.63) is 59.7 Å². The molecule has 30 heavy (non-hydrogen) atoms. The highest BCUT2D eigenvalue weighted by atomic mass is 32.2. The third kappa shape index (κ3) is 5.33. The minimum absolute atomic E-state index is 0.0413. The fourth-order valence-electron chi connectivity index (χ4n) is 3.74. The zero-order valence-corrected chi connectivity index (χ0v) is 18.6. The van der Waals surface area contributed by atoms with E-state index in [-0.39, 0.29) is 11.7 Å². The molecule has 0 saturated carbocycles. The van der Waals surface area contributed by atoms with E-state index < -0.39 is 10.0 Å². The number of anilines is 2. The van der Waals surface area contributed by atoms with Gasteiger partial charge in [-0.2, -0.15) is 0 Å². The molecular weight excluding hydrogens is 398 g/mol. The van der Waals surface area contributed by atoms with Gasteiger partial charge in [0.05, 0.1) is 11.4 Å². The standard InChI is InChI=1S/C23H31N3O3S/c1-3-26(30(28,29)4-2)22-14-10-20(11-15-22)23(27)24-18-19-8-12-21(13-9-19)25-16-6-5-7-17-25/h8-15H,3-7,16-18H2,1-2H3,(H,24,27). The number of amides is 1. The maximum Gasteiger partial charge on any atom is 0.251 e. The first-order chi connectivity index (χ1) is 14.4. The summed E-state index contributed by atoms with van der Waals surface area (Å²) in [5, 5.41) is 2.93. The number of piperidine rings is 1. The Hall–Kier alpha value is -2.54. The Morgan fingerprint density at radius 2 is 1.60 bits per heavy atom. The normalized spacial score (nSPS) is 14.4. The van der Waals surface area contributed by atoms with E-state index in [0.717, 1.165) is 18.7 Å². The molecule has 1 heterocycles. The van der Waals surface area contributed by atoms with Crippen LogP contribution in [0.25, 0.3) is 0 Å². The Labute approximate surface area is 179 Å². The molecule has 1 aliphatic heterocycles. The quantitative estimate of drug-likeness (QED) is 0.693. The largest absolute Gasteiger partial charge is 0.372 e. The molecule has 1 N–H and O–H groups in total. The van der Waals surface area contributed by atoms with Crippen LogP contribution in [0.4, 0.5) is 11.4 Å². The third-order valence-electron chi connectivity index (χ3n) is 5.52. The number of hydrogen-bond donors (Lipinski definition) is 1. The average molecular weight is 430 g/mol. The Bertz CT molecular complexity index is 935. The van der Waals surface area contributed by atoms with Gasteiger partial charge in [0.15, 0.2) is 0 Å². The first-order valence-corrected chi connectivity index (χ1v) is 12.3.